The first-order valence-corrected chi connectivity index (χ1v) is 12.1. The number of rotatable bonds is 5. The van der Waals surface area contributed by atoms with E-state index in [-0.39, 0.29) is 17.8 Å². The number of benzene rings is 3. The Morgan fingerprint density at radius 3 is 2.43 bits per heavy atom. The lowest BCUT2D eigenvalue weighted by Crippen LogP contribution is -2.31. The van der Waals surface area contributed by atoms with E-state index >= 15 is 0 Å². The second-order valence-corrected chi connectivity index (χ2v) is 8.87. The summed E-state index contributed by atoms with van der Waals surface area (Å²) in [6.45, 7) is 2.36. The van der Waals surface area contributed by atoms with Crippen molar-refractivity contribution in [2.24, 2.45) is 0 Å². The number of hydrogen-bond acceptors (Lipinski definition) is 2. The third-order valence-electron chi connectivity index (χ3n) is 6.60. The van der Waals surface area contributed by atoms with Crippen LogP contribution >= 0.6 is 0 Å². The average molecular weight is 472 g/mol. The summed E-state index contributed by atoms with van der Waals surface area (Å²) in [6, 6.07) is 20.3. The molecule has 0 saturated carbocycles. The molecule has 1 aliphatic rings. The smallest absolute Gasteiger partial charge is 0.270 e. The zero-order valence-corrected chi connectivity index (χ0v) is 19.6. The van der Waals surface area contributed by atoms with Crippen molar-refractivity contribution in [2.75, 3.05) is 0 Å². The minimum absolute atomic E-state index is 0.126. The first kappa shape index (κ1) is 23.0. The van der Waals surface area contributed by atoms with E-state index in [1.54, 1.807) is 28.8 Å². The first-order chi connectivity index (χ1) is 17.0. The molecule has 1 atom stereocenters. The van der Waals surface area contributed by atoms with E-state index in [1.807, 2.05) is 19.1 Å². The Hall–Kier alpha value is -3.80. The van der Waals surface area contributed by atoms with Gasteiger partial charge in [-0.3, -0.25) is 4.79 Å². The molecule has 5 rings (SSSR count). The number of aromatic nitrogens is 2. The van der Waals surface area contributed by atoms with E-state index in [9.17, 15) is 13.6 Å². The van der Waals surface area contributed by atoms with Gasteiger partial charge in [0.15, 0.2) is 0 Å². The van der Waals surface area contributed by atoms with Crippen LogP contribution in [0, 0.1) is 11.6 Å². The Morgan fingerprint density at radius 1 is 0.971 bits per heavy atom. The quantitative estimate of drug-likeness (QED) is 0.329. The molecule has 4 nitrogen and oxygen atoms in total. The van der Waals surface area contributed by atoms with Crippen LogP contribution in [0.4, 0.5) is 8.78 Å². The molecule has 0 bridgehead atoms. The molecule has 1 aromatic heterocycles. The number of imidazole rings is 1. The second kappa shape index (κ2) is 9.82. The minimum Gasteiger partial charge on any atom is -0.344 e. The van der Waals surface area contributed by atoms with Gasteiger partial charge >= 0.3 is 0 Å². The summed E-state index contributed by atoms with van der Waals surface area (Å²) in [5, 5.41) is 3.24. The minimum atomic E-state index is -0.412. The van der Waals surface area contributed by atoms with Gasteiger partial charge in [0, 0.05) is 17.7 Å². The number of halogens is 2. The molecule has 1 amide bonds. The van der Waals surface area contributed by atoms with Gasteiger partial charge in [-0.15, -0.1) is 0 Å². The lowest BCUT2D eigenvalue weighted by atomic mass is 9.99. The predicted octanol–water partition coefficient (Wildman–Crippen LogP) is 6.71. The van der Waals surface area contributed by atoms with E-state index in [1.165, 1.54) is 29.8 Å². The van der Waals surface area contributed by atoms with Crippen LogP contribution in [0.1, 0.15) is 53.8 Å². The fourth-order valence-corrected chi connectivity index (χ4v) is 4.97. The van der Waals surface area contributed by atoms with Crippen LogP contribution in [0.2, 0.25) is 0 Å². The molecule has 0 aliphatic heterocycles. The summed E-state index contributed by atoms with van der Waals surface area (Å²) in [7, 11) is 0. The van der Waals surface area contributed by atoms with Gasteiger partial charge in [0.25, 0.3) is 5.91 Å². The van der Waals surface area contributed by atoms with Gasteiger partial charge in [0.05, 0.1) is 6.04 Å². The van der Waals surface area contributed by atoms with Gasteiger partial charge in [-0.05, 0) is 61.6 Å². The normalized spacial score (nSPS) is 15.3. The maximum atomic E-state index is 14.1. The summed E-state index contributed by atoms with van der Waals surface area (Å²) in [5.74, 6) is -0.605. The number of aryl methyl sites for hydroxylation is 1. The molecule has 1 N–H and O–H groups in total. The molecule has 0 saturated heterocycles. The predicted molar refractivity (Wildman–Crippen MR) is 133 cm³/mol. The van der Waals surface area contributed by atoms with Crippen LogP contribution in [0.15, 0.2) is 72.8 Å². The van der Waals surface area contributed by atoms with E-state index in [2.05, 4.69) is 17.4 Å². The van der Waals surface area contributed by atoms with Crippen molar-refractivity contribution < 1.29 is 13.6 Å². The zero-order chi connectivity index (χ0) is 24.4. The van der Waals surface area contributed by atoms with Crippen molar-refractivity contribution in [2.45, 2.75) is 45.2 Å². The van der Waals surface area contributed by atoms with E-state index in [4.69, 9.17) is 4.98 Å². The maximum Gasteiger partial charge on any atom is 0.270 e. The fraction of sp³-hybridized carbons (Fsp3) is 0.241. The molecule has 178 valence electrons. The number of amides is 1. The largest absolute Gasteiger partial charge is 0.344 e. The van der Waals surface area contributed by atoms with Crippen LogP contribution in [0.5, 0.6) is 0 Å². The van der Waals surface area contributed by atoms with Crippen LogP contribution in [-0.4, -0.2) is 15.5 Å². The maximum absolute atomic E-state index is 14.1. The Kier molecular flexibility index (Phi) is 6.45. The van der Waals surface area contributed by atoms with Gasteiger partial charge in [-0.25, -0.2) is 13.8 Å². The van der Waals surface area contributed by atoms with Crippen LogP contribution in [0.3, 0.4) is 0 Å². The van der Waals surface area contributed by atoms with Crippen LogP contribution in [-0.2, 0) is 13.0 Å². The standard InChI is InChI=1S/C29H27F2N3O/c1-2-34-27(29(35)32-25-16-6-4-10-19-9-3-5-15-24(19)25)26(20-11-7-13-22(30)17-20)33-28(34)21-12-8-14-23(31)18-21/h3,5,7-9,11-15,17-18,25H,2,4,6,10,16H2,1H3,(H,32,35). The van der Waals surface area contributed by atoms with Crippen molar-refractivity contribution in [3.05, 3.63) is 101 Å². The number of hydrogen-bond donors (Lipinski definition) is 1. The lowest BCUT2D eigenvalue weighted by Gasteiger charge is -2.20. The first-order valence-electron chi connectivity index (χ1n) is 12.1. The molecule has 0 fully saturated rings. The van der Waals surface area contributed by atoms with Crippen LogP contribution < -0.4 is 5.32 Å². The third kappa shape index (κ3) is 4.61. The SMILES string of the molecule is CCn1c(-c2cccc(F)c2)nc(-c2cccc(F)c2)c1C(=O)NC1CCCCc2ccccc21. The van der Waals surface area contributed by atoms with Crippen molar-refractivity contribution in [1.29, 1.82) is 0 Å². The summed E-state index contributed by atoms with van der Waals surface area (Å²) >= 11 is 0. The van der Waals surface area contributed by atoms with Crippen molar-refractivity contribution >= 4 is 5.91 Å². The monoisotopic (exact) mass is 471 g/mol. The molecule has 3 aromatic carbocycles. The molecule has 4 aromatic rings. The Balaban J connectivity index is 1.62. The van der Waals surface area contributed by atoms with Crippen molar-refractivity contribution in [1.82, 2.24) is 14.9 Å². The number of nitrogens with zero attached hydrogens (tertiary/aromatic N) is 2. The Morgan fingerprint density at radius 2 is 1.69 bits per heavy atom. The van der Waals surface area contributed by atoms with Crippen molar-refractivity contribution in [3.63, 3.8) is 0 Å². The van der Waals surface area contributed by atoms with E-state index in [0.29, 0.717) is 34.9 Å². The highest BCUT2D eigenvalue weighted by Gasteiger charge is 2.28. The molecule has 1 heterocycles. The molecule has 6 heteroatoms. The van der Waals surface area contributed by atoms with E-state index in [0.717, 1.165) is 31.2 Å². The van der Waals surface area contributed by atoms with Crippen molar-refractivity contribution in [3.8, 4) is 22.6 Å². The molecule has 1 aliphatic carbocycles. The number of nitrogens with one attached hydrogen (secondary N) is 1. The van der Waals surface area contributed by atoms with Gasteiger partial charge in [-0.2, -0.15) is 0 Å². The number of carbonyl (C=O) groups excluding carboxylic acids is 1. The number of carbonyl (C=O) groups is 1. The topological polar surface area (TPSA) is 46.9 Å². The Labute approximate surface area is 203 Å². The lowest BCUT2D eigenvalue weighted by molar-refractivity contribution is 0.0926. The van der Waals surface area contributed by atoms with E-state index < -0.39 is 5.82 Å². The molecule has 1 unspecified atom stereocenters. The molecular formula is C29H27F2N3O. The van der Waals surface area contributed by atoms with Gasteiger partial charge in [0.1, 0.15) is 28.8 Å². The summed E-state index contributed by atoms with van der Waals surface area (Å²) in [5.41, 5.74) is 4.18. The molecule has 0 spiro atoms. The molecule has 35 heavy (non-hydrogen) atoms. The average Bonchev–Trinajstić information content (AvgIpc) is 3.15. The third-order valence-corrected chi connectivity index (χ3v) is 6.60. The Bertz CT molecular complexity index is 1380. The van der Waals surface area contributed by atoms with Gasteiger partial charge in [0.2, 0.25) is 0 Å². The summed E-state index contributed by atoms with van der Waals surface area (Å²) < 4.78 is 30.0. The van der Waals surface area contributed by atoms with Crippen LogP contribution in [0.25, 0.3) is 22.6 Å². The summed E-state index contributed by atoms with van der Waals surface area (Å²) in [6.07, 6.45) is 3.93. The highest BCUT2D eigenvalue weighted by Crippen LogP contribution is 2.33. The zero-order valence-electron chi connectivity index (χ0n) is 19.6. The highest BCUT2D eigenvalue weighted by molar-refractivity contribution is 5.99. The summed E-state index contributed by atoms with van der Waals surface area (Å²) in [4.78, 5) is 18.6. The van der Waals surface area contributed by atoms with Gasteiger partial charge in [-0.1, -0.05) is 55.0 Å². The second-order valence-electron chi connectivity index (χ2n) is 8.87. The molecule has 0 radical (unpaired) electrons. The van der Waals surface area contributed by atoms with Gasteiger partial charge < -0.3 is 9.88 Å². The highest BCUT2D eigenvalue weighted by atomic mass is 19.1. The number of fused-ring (bicyclic) bond motifs is 1. The fourth-order valence-electron chi connectivity index (χ4n) is 4.97. The molecular weight excluding hydrogens is 444 g/mol.